The molecule has 2 aromatic carbocycles. The molecule has 0 aliphatic carbocycles. The number of amides is 4. The zero-order valence-corrected chi connectivity index (χ0v) is 20.6. The Balaban J connectivity index is 1.80. The number of fused-ring (bicyclic) bond motifs is 1. The third-order valence-corrected chi connectivity index (χ3v) is 6.33. The molecule has 1 fully saturated rings. The highest BCUT2D eigenvalue weighted by atomic mass is 16.5. The monoisotopic (exact) mass is 505 g/mol. The van der Waals surface area contributed by atoms with E-state index in [9.17, 15) is 29.4 Å². The Bertz CT molecular complexity index is 1410. The van der Waals surface area contributed by atoms with Crippen LogP contribution in [0, 0.1) is 0 Å². The molecule has 3 aromatic rings. The number of carbonyl (C=O) groups excluding carboxylic acids is 4. The lowest BCUT2D eigenvalue weighted by Gasteiger charge is -2.33. The molecule has 37 heavy (non-hydrogen) atoms. The van der Waals surface area contributed by atoms with Crippen molar-refractivity contribution in [1.29, 1.82) is 0 Å². The number of ether oxygens (including phenoxy) is 1. The van der Waals surface area contributed by atoms with Crippen LogP contribution in [0.3, 0.4) is 0 Å². The first kappa shape index (κ1) is 25.8. The number of urea groups is 1. The second-order valence-corrected chi connectivity index (χ2v) is 8.63. The van der Waals surface area contributed by atoms with Crippen molar-refractivity contribution >= 4 is 46.5 Å². The fourth-order valence-electron chi connectivity index (χ4n) is 4.37. The second-order valence-electron chi connectivity index (χ2n) is 8.63. The predicted molar refractivity (Wildman–Crippen MR) is 135 cm³/mol. The normalized spacial score (nSPS) is 16.3. The standard InChI is InChI=1S/C27H27N3O7/c1-4-28-24(32)21(25(33)30(27(28)36)19-11-9-17(10-12-19)26(34)35)14-18-15-29(16(2)13-23(31)37-3)22-8-6-5-7-20(18)22/h5-12,14-16,26,34-35H,4,13H2,1-3H3. The summed E-state index contributed by atoms with van der Waals surface area (Å²) in [5, 5.41) is 19.5. The number of anilines is 1. The maximum absolute atomic E-state index is 13.5. The van der Waals surface area contributed by atoms with Crippen molar-refractivity contribution in [1.82, 2.24) is 9.47 Å². The molecule has 4 amide bonds. The number of carbonyl (C=O) groups is 4. The van der Waals surface area contributed by atoms with Crippen LogP contribution in [-0.2, 0) is 19.1 Å². The fourth-order valence-corrected chi connectivity index (χ4v) is 4.37. The summed E-state index contributed by atoms with van der Waals surface area (Å²) < 4.78 is 6.68. The van der Waals surface area contributed by atoms with Crippen LogP contribution in [0.15, 0.2) is 60.3 Å². The van der Waals surface area contributed by atoms with Crippen molar-refractivity contribution in [3.8, 4) is 0 Å². The number of likely N-dealkylation sites (N-methyl/N-ethyl adjacent to an activating group) is 1. The molecular formula is C27H27N3O7. The maximum atomic E-state index is 13.5. The Morgan fingerprint density at radius 2 is 1.70 bits per heavy atom. The van der Waals surface area contributed by atoms with E-state index in [1.54, 1.807) is 13.1 Å². The summed E-state index contributed by atoms with van der Waals surface area (Å²) in [5.41, 5.74) is 1.56. The first-order valence-corrected chi connectivity index (χ1v) is 11.7. The number of hydrogen-bond donors (Lipinski definition) is 2. The lowest BCUT2D eigenvalue weighted by Crippen LogP contribution is -2.56. The van der Waals surface area contributed by atoms with Gasteiger partial charge in [0.05, 0.1) is 19.2 Å². The summed E-state index contributed by atoms with van der Waals surface area (Å²) in [6.45, 7) is 3.54. The fraction of sp³-hybridized carbons (Fsp3) is 0.259. The minimum absolute atomic E-state index is 0.0458. The van der Waals surface area contributed by atoms with Crippen LogP contribution < -0.4 is 4.90 Å². The van der Waals surface area contributed by atoms with Crippen LogP contribution in [0.25, 0.3) is 17.0 Å². The molecule has 1 aliphatic heterocycles. The molecule has 1 unspecified atom stereocenters. The number of benzene rings is 2. The van der Waals surface area contributed by atoms with Gasteiger partial charge in [-0.1, -0.05) is 30.3 Å². The van der Waals surface area contributed by atoms with Gasteiger partial charge in [0, 0.05) is 40.8 Å². The molecule has 10 heteroatoms. The number of esters is 1. The van der Waals surface area contributed by atoms with E-state index in [1.807, 2.05) is 35.8 Å². The van der Waals surface area contributed by atoms with Crippen LogP contribution in [0.2, 0.25) is 0 Å². The molecule has 2 heterocycles. The molecule has 2 N–H and O–H groups in total. The minimum Gasteiger partial charge on any atom is -0.469 e. The molecule has 1 atom stereocenters. The number of rotatable bonds is 7. The van der Waals surface area contributed by atoms with E-state index < -0.39 is 24.1 Å². The van der Waals surface area contributed by atoms with E-state index >= 15 is 0 Å². The third-order valence-electron chi connectivity index (χ3n) is 6.33. The van der Waals surface area contributed by atoms with Crippen LogP contribution in [0.1, 0.15) is 43.7 Å². The smallest absolute Gasteiger partial charge is 0.338 e. The van der Waals surface area contributed by atoms with Gasteiger partial charge in [-0.05, 0) is 38.1 Å². The molecule has 1 saturated heterocycles. The van der Waals surface area contributed by atoms with Gasteiger partial charge in [0.15, 0.2) is 6.29 Å². The number of barbiturate groups is 1. The minimum atomic E-state index is -1.70. The summed E-state index contributed by atoms with van der Waals surface area (Å²) in [4.78, 5) is 53.5. The molecule has 1 aliphatic rings. The second kappa shape index (κ2) is 10.4. The van der Waals surface area contributed by atoms with Gasteiger partial charge in [0.1, 0.15) is 5.57 Å². The molecule has 0 radical (unpaired) electrons. The molecule has 10 nitrogen and oxygen atoms in total. The lowest BCUT2D eigenvalue weighted by molar-refractivity contribution is -0.141. The van der Waals surface area contributed by atoms with Crippen LogP contribution >= 0.6 is 0 Å². The van der Waals surface area contributed by atoms with E-state index in [2.05, 4.69) is 0 Å². The SMILES string of the molecule is CCN1C(=O)C(=Cc2cn(C(C)CC(=O)OC)c3ccccc23)C(=O)N(c2ccc(C(O)O)cc2)C1=O. The molecular weight excluding hydrogens is 478 g/mol. The van der Waals surface area contributed by atoms with E-state index in [0.29, 0.717) is 5.56 Å². The number of methoxy groups -OCH3 is 1. The zero-order chi connectivity index (χ0) is 26.9. The summed E-state index contributed by atoms with van der Waals surface area (Å²) in [6, 6.07) is 11.9. The van der Waals surface area contributed by atoms with Crippen molar-refractivity contribution in [2.75, 3.05) is 18.6 Å². The average Bonchev–Trinajstić information content (AvgIpc) is 3.25. The Hall–Kier alpha value is -4.28. The van der Waals surface area contributed by atoms with E-state index in [0.717, 1.165) is 20.7 Å². The van der Waals surface area contributed by atoms with E-state index in [4.69, 9.17) is 4.74 Å². The summed E-state index contributed by atoms with van der Waals surface area (Å²) in [6.07, 6.45) is 1.65. The van der Waals surface area contributed by atoms with Crippen molar-refractivity contribution in [2.45, 2.75) is 32.6 Å². The van der Waals surface area contributed by atoms with E-state index in [-0.39, 0.29) is 41.8 Å². The number of aromatic nitrogens is 1. The van der Waals surface area contributed by atoms with Crippen molar-refractivity contribution in [3.05, 3.63) is 71.4 Å². The van der Waals surface area contributed by atoms with Gasteiger partial charge in [-0.25, -0.2) is 9.69 Å². The summed E-state index contributed by atoms with van der Waals surface area (Å²) in [7, 11) is 1.32. The van der Waals surface area contributed by atoms with E-state index in [1.165, 1.54) is 37.5 Å². The molecule has 1 aromatic heterocycles. The highest BCUT2D eigenvalue weighted by molar-refractivity contribution is 6.39. The number of hydrogen-bond acceptors (Lipinski definition) is 7. The quantitative estimate of drug-likeness (QED) is 0.218. The Kier molecular flexibility index (Phi) is 7.23. The average molecular weight is 506 g/mol. The lowest BCUT2D eigenvalue weighted by atomic mass is 10.0. The number of para-hydroxylation sites is 1. The Morgan fingerprint density at radius 3 is 2.32 bits per heavy atom. The molecule has 0 spiro atoms. The van der Waals surface area contributed by atoms with Crippen LogP contribution in [0.4, 0.5) is 10.5 Å². The molecule has 4 rings (SSSR count). The van der Waals surface area contributed by atoms with Gasteiger partial charge >= 0.3 is 12.0 Å². The third kappa shape index (κ3) is 4.76. The van der Waals surface area contributed by atoms with Gasteiger partial charge in [-0.3, -0.25) is 19.3 Å². The molecule has 192 valence electrons. The highest BCUT2D eigenvalue weighted by Gasteiger charge is 2.42. The first-order valence-electron chi connectivity index (χ1n) is 11.7. The molecule has 0 saturated carbocycles. The number of nitrogens with zero attached hydrogens (tertiary/aromatic N) is 3. The Morgan fingerprint density at radius 1 is 1.03 bits per heavy atom. The van der Waals surface area contributed by atoms with Gasteiger partial charge in [0.2, 0.25) is 0 Å². The summed E-state index contributed by atoms with van der Waals surface area (Å²) in [5.74, 6) is -1.87. The largest absolute Gasteiger partial charge is 0.469 e. The van der Waals surface area contributed by atoms with Crippen LogP contribution in [-0.4, -0.2) is 57.1 Å². The highest BCUT2D eigenvalue weighted by Crippen LogP contribution is 2.31. The Labute approximate surface area is 213 Å². The topological polar surface area (TPSA) is 129 Å². The first-order chi connectivity index (χ1) is 17.7. The number of aliphatic hydroxyl groups excluding tert-OH is 1. The summed E-state index contributed by atoms with van der Waals surface area (Å²) >= 11 is 0. The van der Waals surface area contributed by atoms with Gasteiger partial charge in [-0.2, -0.15) is 0 Å². The molecule has 0 bridgehead atoms. The number of aliphatic hydroxyl groups is 2. The van der Waals surface area contributed by atoms with Crippen LogP contribution in [0.5, 0.6) is 0 Å². The zero-order valence-electron chi connectivity index (χ0n) is 20.6. The van der Waals surface area contributed by atoms with Gasteiger partial charge in [0.25, 0.3) is 11.8 Å². The van der Waals surface area contributed by atoms with Crippen molar-refractivity contribution in [2.24, 2.45) is 0 Å². The van der Waals surface area contributed by atoms with Gasteiger partial charge < -0.3 is 19.5 Å². The maximum Gasteiger partial charge on any atom is 0.338 e. The van der Waals surface area contributed by atoms with Crippen molar-refractivity contribution < 1.29 is 34.1 Å². The predicted octanol–water partition coefficient (Wildman–Crippen LogP) is 3.15. The van der Waals surface area contributed by atoms with Gasteiger partial charge in [-0.15, -0.1) is 0 Å². The number of imide groups is 2. The van der Waals surface area contributed by atoms with Crippen molar-refractivity contribution in [3.63, 3.8) is 0 Å².